The molecule has 0 amide bonds. The number of aromatic carboxylic acids is 1. The summed E-state index contributed by atoms with van der Waals surface area (Å²) < 4.78 is 5.65. The summed E-state index contributed by atoms with van der Waals surface area (Å²) in [6.45, 7) is 0. The number of carboxylic acid groups (broad SMARTS) is 1. The second-order valence-electron chi connectivity index (χ2n) is 4.19. The molecule has 1 fully saturated rings. The molecule has 1 aromatic heterocycles. The first-order valence-corrected chi connectivity index (χ1v) is 6.10. The number of pyridine rings is 1. The Kier molecular flexibility index (Phi) is 3.84. The van der Waals surface area contributed by atoms with Crippen molar-refractivity contribution in [2.24, 2.45) is 0 Å². The maximum atomic E-state index is 11.0. The summed E-state index contributed by atoms with van der Waals surface area (Å²) in [5.41, 5.74) is 0.0306. The van der Waals surface area contributed by atoms with E-state index >= 15 is 0 Å². The van der Waals surface area contributed by atoms with Gasteiger partial charge in [-0.05, 0) is 31.7 Å². The minimum atomic E-state index is -1.06. The fourth-order valence-electron chi connectivity index (χ4n) is 2.01. The lowest BCUT2D eigenvalue weighted by Gasteiger charge is -2.22. The van der Waals surface area contributed by atoms with E-state index in [0.717, 1.165) is 25.7 Å². The van der Waals surface area contributed by atoms with Gasteiger partial charge in [0, 0.05) is 6.20 Å². The molecule has 0 saturated heterocycles. The van der Waals surface area contributed by atoms with E-state index in [2.05, 4.69) is 4.98 Å². The lowest BCUT2D eigenvalue weighted by Crippen LogP contribution is -2.21. The molecule has 92 valence electrons. The molecule has 0 aromatic carbocycles. The minimum absolute atomic E-state index is 0.0306. The highest BCUT2D eigenvalue weighted by Crippen LogP contribution is 2.25. The highest BCUT2D eigenvalue weighted by atomic mass is 35.5. The zero-order chi connectivity index (χ0) is 12.3. The second-order valence-corrected chi connectivity index (χ2v) is 4.63. The van der Waals surface area contributed by atoms with Crippen molar-refractivity contribution in [3.63, 3.8) is 0 Å². The molecule has 1 aliphatic rings. The van der Waals surface area contributed by atoms with Gasteiger partial charge in [0.1, 0.15) is 11.7 Å². The zero-order valence-corrected chi connectivity index (χ0v) is 10.1. The molecule has 2 rings (SSSR count). The number of nitrogens with zero attached hydrogens (tertiary/aromatic N) is 1. The van der Waals surface area contributed by atoms with E-state index in [0.29, 0.717) is 5.02 Å². The van der Waals surface area contributed by atoms with Crippen LogP contribution in [0.3, 0.4) is 0 Å². The van der Waals surface area contributed by atoms with Gasteiger partial charge in [-0.15, -0.1) is 0 Å². The van der Waals surface area contributed by atoms with Gasteiger partial charge in [0.25, 0.3) is 0 Å². The third-order valence-electron chi connectivity index (χ3n) is 2.88. The Bertz CT molecular complexity index is 416. The van der Waals surface area contributed by atoms with E-state index in [-0.39, 0.29) is 17.5 Å². The Morgan fingerprint density at radius 1 is 1.41 bits per heavy atom. The van der Waals surface area contributed by atoms with Crippen LogP contribution < -0.4 is 4.74 Å². The molecule has 1 aliphatic carbocycles. The van der Waals surface area contributed by atoms with E-state index in [9.17, 15) is 4.79 Å². The summed E-state index contributed by atoms with van der Waals surface area (Å²) in [6.07, 6.45) is 6.88. The van der Waals surface area contributed by atoms with Crippen molar-refractivity contribution in [1.82, 2.24) is 4.98 Å². The molecule has 1 N–H and O–H groups in total. The highest BCUT2D eigenvalue weighted by Gasteiger charge is 2.20. The second kappa shape index (κ2) is 5.36. The number of hydrogen-bond acceptors (Lipinski definition) is 3. The maximum absolute atomic E-state index is 11.0. The van der Waals surface area contributed by atoms with Crippen LogP contribution in [0.15, 0.2) is 12.3 Å². The number of rotatable bonds is 3. The van der Waals surface area contributed by atoms with Crippen LogP contribution in [-0.2, 0) is 0 Å². The van der Waals surface area contributed by atoms with Gasteiger partial charge in [-0.2, -0.15) is 0 Å². The average Bonchev–Trinajstić information content (AvgIpc) is 2.32. The topological polar surface area (TPSA) is 59.4 Å². The van der Waals surface area contributed by atoms with Crippen LogP contribution in [0.25, 0.3) is 0 Å². The van der Waals surface area contributed by atoms with Gasteiger partial charge < -0.3 is 9.84 Å². The predicted octanol–water partition coefficient (Wildman–Crippen LogP) is 3.14. The molecule has 0 radical (unpaired) electrons. The van der Waals surface area contributed by atoms with Gasteiger partial charge in [0.15, 0.2) is 0 Å². The highest BCUT2D eigenvalue weighted by molar-refractivity contribution is 6.30. The van der Waals surface area contributed by atoms with Gasteiger partial charge in [-0.25, -0.2) is 9.78 Å². The molecule has 4 nitrogen and oxygen atoms in total. The van der Waals surface area contributed by atoms with E-state index in [4.69, 9.17) is 21.4 Å². The lowest BCUT2D eigenvalue weighted by atomic mass is 9.98. The molecule has 0 aliphatic heterocycles. The maximum Gasteiger partial charge on any atom is 0.341 e. The molecule has 1 heterocycles. The van der Waals surface area contributed by atoms with E-state index in [1.54, 1.807) is 0 Å². The number of aromatic nitrogens is 1. The Morgan fingerprint density at radius 2 is 2.12 bits per heavy atom. The van der Waals surface area contributed by atoms with Crippen molar-refractivity contribution >= 4 is 17.6 Å². The molecular weight excluding hydrogens is 242 g/mol. The number of carboxylic acids is 1. The Labute approximate surface area is 105 Å². The van der Waals surface area contributed by atoms with Gasteiger partial charge in [0.05, 0.1) is 5.02 Å². The van der Waals surface area contributed by atoms with Crippen molar-refractivity contribution < 1.29 is 14.6 Å². The van der Waals surface area contributed by atoms with E-state index in [1.165, 1.54) is 18.7 Å². The van der Waals surface area contributed by atoms with Gasteiger partial charge in [-0.1, -0.05) is 18.0 Å². The molecule has 0 spiro atoms. The van der Waals surface area contributed by atoms with Crippen molar-refractivity contribution in [3.8, 4) is 5.88 Å². The first-order valence-electron chi connectivity index (χ1n) is 5.72. The SMILES string of the molecule is O=C(O)c1cc(Cl)cnc1OC1CCCCC1. The van der Waals surface area contributed by atoms with Crippen LogP contribution in [0.2, 0.25) is 5.02 Å². The standard InChI is InChI=1S/C12H14ClNO3/c13-8-6-10(12(15)16)11(14-7-8)17-9-4-2-1-3-5-9/h6-7,9H,1-5H2,(H,15,16). The molecule has 0 unspecified atom stereocenters. The van der Waals surface area contributed by atoms with E-state index < -0.39 is 5.97 Å². The summed E-state index contributed by atoms with van der Waals surface area (Å²) in [5.74, 6) is -0.889. The smallest absolute Gasteiger partial charge is 0.341 e. The monoisotopic (exact) mass is 255 g/mol. The van der Waals surface area contributed by atoms with Crippen LogP contribution in [0, 0.1) is 0 Å². The molecule has 0 atom stereocenters. The summed E-state index contributed by atoms with van der Waals surface area (Å²) in [5, 5.41) is 9.35. The lowest BCUT2D eigenvalue weighted by molar-refractivity contribution is 0.0684. The van der Waals surface area contributed by atoms with Crippen LogP contribution in [0.5, 0.6) is 5.88 Å². The first kappa shape index (κ1) is 12.2. The Balaban J connectivity index is 2.16. The summed E-state index contributed by atoms with van der Waals surface area (Å²) >= 11 is 5.72. The fourth-order valence-corrected chi connectivity index (χ4v) is 2.17. The fraction of sp³-hybridized carbons (Fsp3) is 0.500. The summed E-state index contributed by atoms with van der Waals surface area (Å²) in [7, 11) is 0. The third-order valence-corrected chi connectivity index (χ3v) is 3.09. The molecule has 17 heavy (non-hydrogen) atoms. The van der Waals surface area contributed by atoms with Gasteiger partial charge >= 0.3 is 5.97 Å². The molecule has 0 bridgehead atoms. The van der Waals surface area contributed by atoms with Crippen molar-refractivity contribution in [2.45, 2.75) is 38.2 Å². The number of hydrogen-bond donors (Lipinski definition) is 1. The Hall–Kier alpha value is -1.29. The Morgan fingerprint density at radius 3 is 2.76 bits per heavy atom. The van der Waals surface area contributed by atoms with E-state index in [1.807, 2.05) is 0 Å². The molecule has 1 aromatic rings. The van der Waals surface area contributed by atoms with Gasteiger partial charge in [0.2, 0.25) is 5.88 Å². The van der Waals surface area contributed by atoms with Crippen molar-refractivity contribution in [1.29, 1.82) is 0 Å². The minimum Gasteiger partial charge on any atom is -0.477 e. The number of ether oxygens (including phenoxy) is 1. The van der Waals surface area contributed by atoms with Crippen LogP contribution in [-0.4, -0.2) is 22.2 Å². The van der Waals surface area contributed by atoms with Crippen LogP contribution in [0.1, 0.15) is 42.5 Å². The van der Waals surface area contributed by atoms with Crippen molar-refractivity contribution in [3.05, 3.63) is 22.8 Å². The predicted molar refractivity (Wildman–Crippen MR) is 63.7 cm³/mol. The molecule has 1 saturated carbocycles. The van der Waals surface area contributed by atoms with Gasteiger partial charge in [-0.3, -0.25) is 0 Å². The number of halogens is 1. The summed E-state index contributed by atoms with van der Waals surface area (Å²) in [4.78, 5) is 15.0. The van der Waals surface area contributed by atoms with Crippen molar-refractivity contribution in [2.75, 3.05) is 0 Å². The molecule has 5 heteroatoms. The zero-order valence-electron chi connectivity index (χ0n) is 9.36. The summed E-state index contributed by atoms with van der Waals surface area (Å²) in [6, 6.07) is 1.37. The molecular formula is C12H14ClNO3. The quantitative estimate of drug-likeness (QED) is 0.901. The normalized spacial score (nSPS) is 16.8. The van der Waals surface area contributed by atoms with Crippen LogP contribution in [0.4, 0.5) is 0 Å². The largest absolute Gasteiger partial charge is 0.477 e. The first-order chi connectivity index (χ1) is 8.16. The van der Waals surface area contributed by atoms with Crippen LogP contribution >= 0.6 is 11.6 Å². The average molecular weight is 256 g/mol. The third kappa shape index (κ3) is 3.09. The number of carbonyl (C=O) groups is 1.